The van der Waals surface area contributed by atoms with E-state index in [2.05, 4.69) is 5.32 Å². The van der Waals surface area contributed by atoms with E-state index in [1.165, 1.54) is 32.3 Å². The van der Waals surface area contributed by atoms with E-state index in [-0.39, 0.29) is 22.0 Å². The van der Waals surface area contributed by atoms with Crippen molar-refractivity contribution in [3.8, 4) is 0 Å². The summed E-state index contributed by atoms with van der Waals surface area (Å²) in [5, 5.41) is 3.34. The summed E-state index contributed by atoms with van der Waals surface area (Å²) in [6.45, 7) is 0.0566. The van der Waals surface area contributed by atoms with Gasteiger partial charge in [0.25, 0.3) is 5.91 Å². The van der Waals surface area contributed by atoms with Crippen LogP contribution in [0, 0.1) is 0 Å². The fourth-order valence-corrected chi connectivity index (χ4v) is 3.65. The molecule has 0 aliphatic rings. The van der Waals surface area contributed by atoms with Crippen molar-refractivity contribution in [3.63, 3.8) is 0 Å². The van der Waals surface area contributed by atoms with Crippen molar-refractivity contribution >= 4 is 39.1 Å². The average Bonchev–Trinajstić information content (AvgIpc) is 2.52. The van der Waals surface area contributed by atoms with Crippen molar-refractivity contribution in [2.24, 2.45) is 0 Å². The van der Waals surface area contributed by atoms with E-state index in [9.17, 15) is 13.2 Å². The van der Waals surface area contributed by atoms with Gasteiger partial charge in [0.15, 0.2) is 0 Å². The molecule has 2 rings (SSSR count). The van der Waals surface area contributed by atoms with Gasteiger partial charge in [-0.25, -0.2) is 12.7 Å². The summed E-state index contributed by atoms with van der Waals surface area (Å²) in [5.74, 6) is -0.409. The quantitative estimate of drug-likeness (QED) is 0.857. The molecule has 24 heavy (non-hydrogen) atoms. The summed E-state index contributed by atoms with van der Waals surface area (Å²) in [5.41, 5.74) is 0.763. The molecule has 0 spiro atoms. The zero-order valence-electron chi connectivity index (χ0n) is 13.1. The molecule has 0 saturated carbocycles. The van der Waals surface area contributed by atoms with Crippen molar-refractivity contribution in [3.05, 3.63) is 63.6 Å². The monoisotopic (exact) mass is 386 g/mol. The molecule has 0 fully saturated rings. The maximum absolute atomic E-state index is 12.3. The lowest BCUT2D eigenvalue weighted by molar-refractivity contribution is 0.0950. The first-order valence-corrected chi connectivity index (χ1v) is 9.17. The number of nitrogens with one attached hydrogen (secondary N) is 1. The number of hydrogen-bond acceptors (Lipinski definition) is 3. The molecule has 2 aromatic rings. The van der Waals surface area contributed by atoms with Crippen LogP contribution in [0.1, 0.15) is 15.9 Å². The Labute approximate surface area is 151 Å². The zero-order valence-corrected chi connectivity index (χ0v) is 15.4. The Morgan fingerprint density at radius 3 is 2.42 bits per heavy atom. The molecular weight excluding hydrogens is 371 g/mol. The topological polar surface area (TPSA) is 66.5 Å². The number of nitrogens with zero attached hydrogens (tertiary/aromatic N) is 1. The highest BCUT2D eigenvalue weighted by Gasteiger charge is 2.21. The Balaban J connectivity index is 2.23. The van der Waals surface area contributed by atoms with Crippen LogP contribution in [0.5, 0.6) is 0 Å². The van der Waals surface area contributed by atoms with Gasteiger partial charge in [-0.15, -0.1) is 0 Å². The first-order valence-electron chi connectivity index (χ1n) is 6.97. The Morgan fingerprint density at radius 1 is 1.12 bits per heavy atom. The Hall–Kier alpha value is -1.60. The highest BCUT2D eigenvalue weighted by Crippen LogP contribution is 2.22. The number of carbonyl (C=O) groups is 1. The van der Waals surface area contributed by atoms with Crippen molar-refractivity contribution in [2.75, 3.05) is 14.1 Å². The van der Waals surface area contributed by atoms with E-state index in [0.717, 1.165) is 4.31 Å². The molecule has 1 N–H and O–H groups in total. The van der Waals surface area contributed by atoms with Crippen LogP contribution in [0.4, 0.5) is 0 Å². The van der Waals surface area contributed by atoms with Gasteiger partial charge in [-0.2, -0.15) is 0 Å². The molecule has 0 atom stereocenters. The lowest BCUT2D eigenvalue weighted by Gasteiger charge is -2.15. The number of amides is 1. The molecule has 0 aliphatic carbocycles. The van der Waals surface area contributed by atoms with Crippen LogP contribution in [-0.4, -0.2) is 32.7 Å². The van der Waals surface area contributed by atoms with E-state index in [4.69, 9.17) is 23.2 Å². The van der Waals surface area contributed by atoms with E-state index >= 15 is 0 Å². The van der Waals surface area contributed by atoms with Crippen LogP contribution in [0.15, 0.2) is 47.4 Å². The molecule has 8 heteroatoms. The molecule has 0 radical (unpaired) electrons. The maximum atomic E-state index is 12.3. The summed E-state index contributed by atoms with van der Waals surface area (Å²) in [6.07, 6.45) is 0. The van der Waals surface area contributed by atoms with Crippen LogP contribution in [-0.2, 0) is 16.6 Å². The average molecular weight is 387 g/mol. The van der Waals surface area contributed by atoms with E-state index in [1.54, 1.807) is 24.3 Å². The predicted molar refractivity (Wildman–Crippen MR) is 94.9 cm³/mol. The van der Waals surface area contributed by atoms with E-state index in [1.807, 2.05) is 0 Å². The largest absolute Gasteiger partial charge is 0.348 e. The van der Waals surface area contributed by atoms with E-state index in [0.29, 0.717) is 10.6 Å². The van der Waals surface area contributed by atoms with Gasteiger partial charge in [-0.1, -0.05) is 41.4 Å². The molecule has 0 heterocycles. The number of benzene rings is 2. The minimum atomic E-state index is -3.60. The number of hydrogen-bond donors (Lipinski definition) is 1. The molecule has 128 valence electrons. The first kappa shape index (κ1) is 18.7. The van der Waals surface area contributed by atoms with Gasteiger partial charge in [0, 0.05) is 25.7 Å². The van der Waals surface area contributed by atoms with Gasteiger partial charge in [0.2, 0.25) is 10.0 Å². The van der Waals surface area contributed by atoms with Gasteiger partial charge < -0.3 is 5.32 Å². The molecule has 0 aliphatic heterocycles. The fourth-order valence-electron chi connectivity index (χ4n) is 2.04. The Bertz CT molecular complexity index is 867. The normalized spacial score (nSPS) is 11.5. The molecule has 0 saturated heterocycles. The number of carbonyl (C=O) groups excluding carboxylic acids is 1. The Kier molecular flexibility index (Phi) is 5.87. The lowest BCUT2D eigenvalue weighted by atomic mass is 10.2. The lowest BCUT2D eigenvalue weighted by Crippen LogP contribution is -2.27. The third-order valence-electron chi connectivity index (χ3n) is 3.35. The second-order valence-electron chi connectivity index (χ2n) is 5.20. The van der Waals surface area contributed by atoms with Crippen molar-refractivity contribution in [1.29, 1.82) is 0 Å². The summed E-state index contributed by atoms with van der Waals surface area (Å²) in [7, 11) is -0.682. The molecule has 0 aromatic heterocycles. The summed E-state index contributed by atoms with van der Waals surface area (Å²) in [6, 6.07) is 11.1. The SMILES string of the molecule is CN(C)S(=O)(=O)c1ccccc1CNC(=O)c1ccc(Cl)cc1Cl. The van der Waals surface area contributed by atoms with Gasteiger partial charge in [0.1, 0.15) is 0 Å². The predicted octanol–water partition coefficient (Wildman–Crippen LogP) is 3.17. The highest BCUT2D eigenvalue weighted by molar-refractivity contribution is 7.89. The van der Waals surface area contributed by atoms with Crippen molar-refractivity contribution in [1.82, 2.24) is 9.62 Å². The third kappa shape index (κ3) is 4.08. The first-order chi connectivity index (χ1) is 11.2. The smallest absolute Gasteiger partial charge is 0.253 e. The summed E-state index contributed by atoms with van der Waals surface area (Å²) >= 11 is 11.8. The van der Waals surface area contributed by atoms with Gasteiger partial charge in [-0.3, -0.25) is 4.79 Å². The minimum absolute atomic E-state index is 0.0566. The highest BCUT2D eigenvalue weighted by atomic mass is 35.5. The minimum Gasteiger partial charge on any atom is -0.348 e. The molecule has 5 nitrogen and oxygen atoms in total. The molecule has 2 aromatic carbocycles. The van der Waals surface area contributed by atoms with Gasteiger partial charge in [-0.05, 0) is 29.8 Å². The second kappa shape index (κ2) is 7.53. The fraction of sp³-hybridized carbons (Fsp3) is 0.188. The molecule has 0 bridgehead atoms. The number of rotatable bonds is 5. The molecular formula is C16H16Cl2N2O3S. The second-order valence-corrected chi connectivity index (χ2v) is 8.17. The third-order valence-corrected chi connectivity index (χ3v) is 5.81. The summed E-state index contributed by atoms with van der Waals surface area (Å²) in [4.78, 5) is 12.4. The Morgan fingerprint density at radius 2 is 1.79 bits per heavy atom. The number of sulfonamides is 1. The standard InChI is InChI=1S/C16H16Cl2N2O3S/c1-20(2)24(22,23)15-6-4-3-5-11(15)10-19-16(21)13-8-7-12(17)9-14(13)18/h3-9H,10H2,1-2H3,(H,19,21). The summed E-state index contributed by atoms with van der Waals surface area (Å²) < 4.78 is 25.8. The molecule has 0 unspecified atom stereocenters. The zero-order chi connectivity index (χ0) is 17.9. The maximum Gasteiger partial charge on any atom is 0.253 e. The van der Waals surface area contributed by atoms with Crippen LogP contribution in [0.2, 0.25) is 10.0 Å². The van der Waals surface area contributed by atoms with Crippen molar-refractivity contribution < 1.29 is 13.2 Å². The van der Waals surface area contributed by atoms with Crippen LogP contribution < -0.4 is 5.32 Å². The van der Waals surface area contributed by atoms with Gasteiger partial charge >= 0.3 is 0 Å². The van der Waals surface area contributed by atoms with E-state index < -0.39 is 15.9 Å². The van der Waals surface area contributed by atoms with Gasteiger partial charge in [0.05, 0.1) is 15.5 Å². The molecule has 1 amide bonds. The van der Waals surface area contributed by atoms with Crippen LogP contribution >= 0.6 is 23.2 Å². The van der Waals surface area contributed by atoms with Crippen molar-refractivity contribution in [2.45, 2.75) is 11.4 Å². The van der Waals surface area contributed by atoms with Crippen LogP contribution in [0.3, 0.4) is 0 Å². The number of halogens is 2. The van der Waals surface area contributed by atoms with Crippen LogP contribution in [0.25, 0.3) is 0 Å².